The highest BCUT2D eigenvalue weighted by Crippen LogP contribution is 2.30. The number of Topliss-reactive ketones (excluding diaryl/α,β-unsaturated/α-hetero) is 1. The molecule has 1 rings (SSSR count). The first kappa shape index (κ1) is 13.0. The quantitative estimate of drug-likeness (QED) is 0.882. The first-order valence-electron chi connectivity index (χ1n) is 5.04. The Morgan fingerprint density at radius 3 is 2.69 bits per heavy atom. The average molecular weight is 242 g/mol. The van der Waals surface area contributed by atoms with Crippen LogP contribution in [-0.4, -0.2) is 12.9 Å². The van der Waals surface area contributed by atoms with Crippen LogP contribution in [-0.2, 0) is 4.79 Å². The van der Waals surface area contributed by atoms with Crippen molar-refractivity contribution in [2.24, 2.45) is 5.73 Å². The van der Waals surface area contributed by atoms with Crippen LogP contribution in [0.4, 0.5) is 0 Å². The van der Waals surface area contributed by atoms with Crippen LogP contribution in [0.1, 0.15) is 30.5 Å². The van der Waals surface area contributed by atoms with E-state index in [1.165, 1.54) is 6.92 Å². The van der Waals surface area contributed by atoms with E-state index >= 15 is 0 Å². The highest BCUT2D eigenvalue weighted by atomic mass is 35.5. The molecule has 0 aliphatic carbocycles. The third-order valence-corrected chi connectivity index (χ3v) is 2.74. The molecule has 0 aromatic heterocycles. The number of carbonyl (C=O) groups is 1. The van der Waals surface area contributed by atoms with Crippen molar-refractivity contribution in [1.82, 2.24) is 0 Å². The highest BCUT2D eigenvalue weighted by Gasteiger charge is 2.14. The van der Waals surface area contributed by atoms with Crippen LogP contribution in [0.2, 0.25) is 5.02 Å². The molecule has 0 spiro atoms. The number of methoxy groups -OCH3 is 1. The van der Waals surface area contributed by atoms with Gasteiger partial charge in [-0.15, -0.1) is 0 Å². The number of halogens is 1. The third kappa shape index (κ3) is 2.97. The lowest BCUT2D eigenvalue weighted by Crippen LogP contribution is -2.15. The smallest absolute Gasteiger partial charge is 0.137 e. The SMILES string of the molecule is COc1cc(C)c(C(N)CC(C)=O)cc1Cl. The summed E-state index contributed by atoms with van der Waals surface area (Å²) in [5, 5.41) is 0.516. The highest BCUT2D eigenvalue weighted by molar-refractivity contribution is 6.32. The lowest BCUT2D eigenvalue weighted by Gasteiger charge is -2.15. The number of hydrogen-bond donors (Lipinski definition) is 1. The molecular weight excluding hydrogens is 226 g/mol. The molecule has 1 atom stereocenters. The molecule has 1 aromatic carbocycles. The standard InChI is InChI=1S/C12H16ClNO2/c1-7-4-12(16-3)10(13)6-9(7)11(14)5-8(2)15/h4,6,11H,5,14H2,1-3H3. The van der Waals surface area contributed by atoms with Crippen molar-refractivity contribution in [2.45, 2.75) is 26.3 Å². The normalized spacial score (nSPS) is 12.3. The molecule has 0 aliphatic rings. The van der Waals surface area contributed by atoms with E-state index < -0.39 is 0 Å². The Morgan fingerprint density at radius 2 is 2.19 bits per heavy atom. The fraction of sp³-hybridized carbons (Fsp3) is 0.417. The van der Waals surface area contributed by atoms with Gasteiger partial charge in [-0.05, 0) is 37.1 Å². The minimum absolute atomic E-state index is 0.0684. The van der Waals surface area contributed by atoms with Crippen molar-refractivity contribution in [2.75, 3.05) is 7.11 Å². The van der Waals surface area contributed by atoms with Gasteiger partial charge in [-0.1, -0.05) is 11.6 Å². The van der Waals surface area contributed by atoms with Crippen molar-refractivity contribution in [3.8, 4) is 5.75 Å². The maximum Gasteiger partial charge on any atom is 0.137 e. The topological polar surface area (TPSA) is 52.3 Å². The number of nitrogens with two attached hydrogens (primary N) is 1. The van der Waals surface area contributed by atoms with Gasteiger partial charge in [0.05, 0.1) is 12.1 Å². The predicted molar refractivity (Wildman–Crippen MR) is 65.0 cm³/mol. The Bertz CT molecular complexity index is 404. The van der Waals surface area contributed by atoms with E-state index in [2.05, 4.69) is 0 Å². The molecule has 4 heteroatoms. The zero-order valence-electron chi connectivity index (χ0n) is 9.71. The first-order valence-corrected chi connectivity index (χ1v) is 5.42. The third-order valence-electron chi connectivity index (χ3n) is 2.45. The summed E-state index contributed by atoms with van der Waals surface area (Å²) in [5.74, 6) is 0.691. The summed E-state index contributed by atoms with van der Waals surface area (Å²) >= 11 is 6.02. The predicted octanol–water partition coefficient (Wildman–Crippen LogP) is 2.64. The number of aryl methyl sites for hydroxylation is 1. The second-order valence-corrected chi connectivity index (χ2v) is 4.26. The average Bonchev–Trinajstić information content (AvgIpc) is 2.19. The number of rotatable bonds is 4. The van der Waals surface area contributed by atoms with Gasteiger partial charge >= 0.3 is 0 Å². The Hall–Kier alpha value is -1.06. The van der Waals surface area contributed by atoms with Gasteiger partial charge < -0.3 is 10.5 Å². The minimum Gasteiger partial charge on any atom is -0.495 e. The molecule has 1 unspecified atom stereocenters. The maximum absolute atomic E-state index is 11.0. The zero-order valence-corrected chi connectivity index (χ0v) is 10.5. The van der Waals surface area contributed by atoms with E-state index in [1.807, 2.05) is 13.0 Å². The van der Waals surface area contributed by atoms with Crippen LogP contribution >= 0.6 is 11.6 Å². The summed E-state index contributed by atoms with van der Waals surface area (Å²) < 4.78 is 5.10. The Labute approximate surface area is 101 Å². The van der Waals surface area contributed by atoms with Crippen LogP contribution in [0.15, 0.2) is 12.1 Å². The zero-order chi connectivity index (χ0) is 12.3. The van der Waals surface area contributed by atoms with Crippen molar-refractivity contribution >= 4 is 17.4 Å². The lowest BCUT2D eigenvalue weighted by atomic mass is 9.98. The second kappa shape index (κ2) is 5.32. The maximum atomic E-state index is 11.0. The van der Waals surface area contributed by atoms with Crippen molar-refractivity contribution in [3.05, 3.63) is 28.3 Å². The van der Waals surface area contributed by atoms with Gasteiger partial charge in [-0.25, -0.2) is 0 Å². The summed E-state index contributed by atoms with van der Waals surface area (Å²) in [6.45, 7) is 3.45. The van der Waals surface area contributed by atoms with E-state index in [0.29, 0.717) is 17.2 Å². The summed E-state index contributed by atoms with van der Waals surface area (Å²) in [6.07, 6.45) is 0.323. The first-order chi connectivity index (χ1) is 7.45. The molecule has 0 aliphatic heterocycles. The van der Waals surface area contributed by atoms with E-state index in [-0.39, 0.29) is 11.8 Å². The molecule has 0 saturated heterocycles. The molecular formula is C12H16ClNO2. The summed E-state index contributed by atoms with van der Waals surface area (Å²) in [5.41, 5.74) is 7.81. The second-order valence-electron chi connectivity index (χ2n) is 3.86. The van der Waals surface area contributed by atoms with Gasteiger partial charge in [0.15, 0.2) is 0 Å². The van der Waals surface area contributed by atoms with E-state index in [0.717, 1.165) is 11.1 Å². The molecule has 16 heavy (non-hydrogen) atoms. The number of benzene rings is 1. The van der Waals surface area contributed by atoms with Gasteiger partial charge in [0, 0.05) is 12.5 Å². The van der Waals surface area contributed by atoms with Crippen LogP contribution in [0.25, 0.3) is 0 Å². The minimum atomic E-state index is -0.305. The molecule has 0 fully saturated rings. The fourth-order valence-corrected chi connectivity index (χ4v) is 1.90. The number of ether oxygens (including phenoxy) is 1. The summed E-state index contributed by atoms with van der Waals surface area (Å²) in [7, 11) is 1.57. The molecule has 0 heterocycles. The van der Waals surface area contributed by atoms with Gasteiger partial charge in [0.1, 0.15) is 11.5 Å². The number of ketones is 1. The largest absolute Gasteiger partial charge is 0.495 e. The molecule has 0 amide bonds. The molecule has 0 bridgehead atoms. The number of hydrogen-bond acceptors (Lipinski definition) is 3. The van der Waals surface area contributed by atoms with Gasteiger partial charge in [0.25, 0.3) is 0 Å². The van der Waals surface area contributed by atoms with Crippen molar-refractivity contribution < 1.29 is 9.53 Å². The molecule has 88 valence electrons. The Kier molecular flexibility index (Phi) is 4.33. The molecule has 0 saturated carbocycles. The fourth-order valence-electron chi connectivity index (χ4n) is 1.65. The van der Waals surface area contributed by atoms with Crippen LogP contribution in [0.3, 0.4) is 0 Å². The molecule has 1 aromatic rings. The van der Waals surface area contributed by atoms with Gasteiger partial charge in [-0.3, -0.25) is 4.79 Å². The summed E-state index contributed by atoms with van der Waals surface area (Å²) in [6, 6.07) is 3.29. The Morgan fingerprint density at radius 1 is 1.56 bits per heavy atom. The van der Waals surface area contributed by atoms with Crippen molar-refractivity contribution in [1.29, 1.82) is 0 Å². The molecule has 2 N–H and O–H groups in total. The van der Waals surface area contributed by atoms with Crippen molar-refractivity contribution in [3.63, 3.8) is 0 Å². The van der Waals surface area contributed by atoms with E-state index in [1.54, 1.807) is 13.2 Å². The molecule has 0 radical (unpaired) electrons. The van der Waals surface area contributed by atoms with Crippen LogP contribution in [0, 0.1) is 6.92 Å². The number of carbonyl (C=O) groups excluding carboxylic acids is 1. The van der Waals surface area contributed by atoms with E-state index in [9.17, 15) is 4.79 Å². The summed E-state index contributed by atoms with van der Waals surface area (Å²) in [4.78, 5) is 11.0. The monoisotopic (exact) mass is 241 g/mol. The lowest BCUT2D eigenvalue weighted by molar-refractivity contribution is -0.117. The van der Waals surface area contributed by atoms with Crippen LogP contribution < -0.4 is 10.5 Å². The van der Waals surface area contributed by atoms with Crippen LogP contribution in [0.5, 0.6) is 5.75 Å². The van der Waals surface area contributed by atoms with E-state index in [4.69, 9.17) is 22.1 Å². The Balaban J connectivity index is 3.05. The van der Waals surface area contributed by atoms with Gasteiger partial charge in [-0.2, -0.15) is 0 Å². The molecule has 3 nitrogen and oxygen atoms in total. The van der Waals surface area contributed by atoms with Gasteiger partial charge in [0.2, 0.25) is 0 Å².